The number of hydrogen-bond donors (Lipinski definition) is 1. The van der Waals surface area contributed by atoms with Gasteiger partial charge < -0.3 is 24.4 Å². The fourth-order valence-electron chi connectivity index (χ4n) is 4.78. The molecule has 0 aromatic heterocycles. The Labute approximate surface area is 158 Å². The molecule has 3 aliphatic rings. The summed E-state index contributed by atoms with van der Waals surface area (Å²) in [6, 6.07) is 0.523. The van der Waals surface area contributed by atoms with Crippen LogP contribution in [0.15, 0.2) is 4.99 Å². The van der Waals surface area contributed by atoms with Gasteiger partial charge in [-0.15, -0.1) is 0 Å². The molecule has 26 heavy (non-hydrogen) atoms. The van der Waals surface area contributed by atoms with E-state index in [0.717, 1.165) is 64.6 Å². The Morgan fingerprint density at radius 1 is 1.19 bits per heavy atom. The standard InChI is InChI=1S/C20H37N3O3/c1-4-25-18-15-17(20(18)9-5-10-20)22-19(21-2)23-11-7-16(8-12-23)26-14-6-13-24-3/h16-18H,4-15H2,1-3H3,(H,21,22). The first kappa shape index (κ1) is 19.9. The maximum atomic E-state index is 5.98. The fourth-order valence-corrected chi connectivity index (χ4v) is 4.78. The minimum Gasteiger partial charge on any atom is -0.385 e. The zero-order valence-corrected chi connectivity index (χ0v) is 16.8. The van der Waals surface area contributed by atoms with Crippen LogP contribution in [0.1, 0.15) is 51.9 Å². The Hall–Kier alpha value is -0.850. The highest BCUT2D eigenvalue weighted by atomic mass is 16.5. The summed E-state index contributed by atoms with van der Waals surface area (Å²) in [6.07, 6.45) is 9.00. The number of guanidine groups is 1. The quantitative estimate of drug-likeness (QED) is 0.406. The Morgan fingerprint density at radius 3 is 2.54 bits per heavy atom. The first-order valence-corrected chi connectivity index (χ1v) is 10.4. The van der Waals surface area contributed by atoms with Crippen LogP contribution in [0.25, 0.3) is 0 Å². The van der Waals surface area contributed by atoms with E-state index in [4.69, 9.17) is 14.2 Å². The van der Waals surface area contributed by atoms with Gasteiger partial charge in [0.25, 0.3) is 0 Å². The average molecular weight is 368 g/mol. The number of likely N-dealkylation sites (tertiary alicyclic amines) is 1. The van der Waals surface area contributed by atoms with Crippen LogP contribution in [0.4, 0.5) is 0 Å². The Morgan fingerprint density at radius 2 is 1.96 bits per heavy atom. The van der Waals surface area contributed by atoms with Crippen molar-refractivity contribution in [3.63, 3.8) is 0 Å². The summed E-state index contributed by atoms with van der Waals surface area (Å²) in [4.78, 5) is 6.97. The Kier molecular flexibility index (Phi) is 7.18. The molecule has 2 aliphatic carbocycles. The fraction of sp³-hybridized carbons (Fsp3) is 0.950. The van der Waals surface area contributed by atoms with Crippen LogP contribution in [0.2, 0.25) is 0 Å². The molecule has 2 saturated carbocycles. The highest BCUT2D eigenvalue weighted by molar-refractivity contribution is 5.80. The maximum absolute atomic E-state index is 5.98. The maximum Gasteiger partial charge on any atom is 0.193 e. The van der Waals surface area contributed by atoms with Crippen LogP contribution in [-0.2, 0) is 14.2 Å². The molecule has 0 aromatic rings. The van der Waals surface area contributed by atoms with Crippen molar-refractivity contribution in [2.24, 2.45) is 10.4 Å². The van der Waals surface area contributed by atoms with Crippen molar-refractivity contribution in [2.75, 3.05) is 47.1 Å². The molecule has 1 aliphatic heterocycles. The molecule has 3 rings (SSSR count). The van der Waals surface area contributed by atoms with E-state index in [1.54, 1.807) is 7.11 Å². The number of ether oxygens (including phenoxy) is 3. The number of piperidine rings is 1. The Balaban J connectivity index is 1.43. The highest BCUT2D eigenvalue weighted by Crippen LogP contribution is 2.57. The van der Waals surface area contributed by atoms with Crippen molar-refractivity contribution in [2.45, 2.75) is 70.1 Å². The van der Waals surface area contributed by atoms with Crippen LogP contribution in [0.5, 0.6) is 0 Å². The van der Waals surface area contributed by atoms with Crippen molar-refractivity contribution in [3.8, 4) is 0 Å². The molecule has 1 N–H and O–H groups in total. The average Bonchev–Trinajstić information content (AvgIpc) is 2.60. The number of nitrogens with zero attached hydrogens (tertiary/aromatic N) is 2. The molecule has 0 amide bonds. The molecule has 6 heteroatoms. The second-order valence-corrected chi connectivity index (χ2v) is 7.91. The predicted molar refractivity (Wildman–Crippen MR) is 104 cm³/mol. The van der Waals surface area contributed by atoms with Crippen molar-refractivity contribution < 1.29 is 14.2 Å². The third kappa shape index (κ3) is 4.18. The molecule has 1 spiro atoms. The van der Waals surface area contributed by atoms with Gasteiger partial charge in [-0.05, 0) is 45.4 Å². The lowest BCUT2D eigenvalue weighted by molar-refractivity contribution is -0.169. The van der Waals surface area contributed by atoms with E-state index in [-0.39, 0.29) is 0 Å². The van der Waals surface area contributed by atoms with Gasteiger partial charge in [0.15, 0.2) is 5.96 Å². The van der Waals surface area contributed by atoms with E-state index >= 15 is 0 Å². The first-order chi connectivity index (χ1) is 12.7. The number of aliphatic imine (C=N–C) groups is 1. The van der Waals surface area contributed by atoms with Crippen LogP contribution < -0.4 is 5.32 Å². The molecule has 0 bridgehead atoms. The van der Waals surface area contributed by atoms with Gasteiger partial charge in [0.05, 0.1) is 12.2 Å². The summed E-state index contributed by atoms with van der Waals surface area (Å²) in [7, 11) is 3.64. The van der Waals surface area contributed by atoms with E-state index in [9.17, 15) is 0 Å². The van der Waals surface area contributed by atoms with Gasteiger partial charge >= 0.3 is 0 Å². The molecular formula is C20H37N3O3. The minimum atomic E-state index is 0.370. The highest BCUT2D eigenvalue weighted by Gasteiger charge is 2.59. The zero-order chi connectivity index (χ0) is 18.4. The molecule has 2 atom stereocenters. The van der Waals surface area contributed by atoms with Gasteiger partial charge in [-0.2, -0.15) is 0 Å². The van der Waals surface area contributed by atoms with E-state index < -0.39 is 0 Å². The number of rotatable bonds is 8. The summed E-state index contributed by atoms with van der Waals surface area (Å²) in [5.41, 5.74) is 0.370. The monoisotopic (exact) mass is 367 g/mol. The number of nitrogens with one attached hydrogen (secondary N) is 1. The summed E-state index contributed by atoms with van der Waals surface area (Å²) in [6.45, 7) is 6.54. The van der Waals surface area contributed by atoms with Crippen LogP contribution >= 0.6 is 0 Å². The van der Waals surface area contributed by atoms with E-state index in [1.807, 2.05) is 7.05 Å². The lowest BCUT2D eigenvalue weighted by Gasteiger charge is -2.61. The molecule has 1 heterocycles. The third-order valence-corrected chi connectivity index (χ3v) is 6.54. The van der Waals surface area contributed by atoms with Gasteiger partial charge in [-0.3, -0.25) is 4.99 Å². The van der Waals surface area contributed by atoms with Crippen molar-refractivity contribution in [1.29, 1.82) is 0 Å². The summed E-state index contributed by atoms with van der Waals surface area (Å²) in [5.74, 6) is 1.06. The molecule has 150 valence electrons. The first-order valence-electron chi connectivity index (χ1n) is 10.4. The predicted octanol–water partition coefficient (Wildman–Crippen LogP) is 2.43. The number of hydrogen-bond acceptors (Lipinski definition) is 4. The second-order valence-electron chi connectivity index (χ2n) is 7.91. The normalized spacial score (nSPS) is 28.7. The topological polar surface area (TPSA) is 55.3 Å². The zero-order valence-electron chi connectivity index (χ0n) is 16.8. The van der Waals surface area contributed by atoms with E-state index in [1.165, 1.54) is 19.3 Å². The molecule has 6 nitrogen and oxygen atoms in total. The molecule has 3 fully saturated rings. The van der Waals surface area contributed by atoms with E-state index in [2.05, 4.69) is 22.1 Å². The van der Waals surface area contributed by atoms with Gasteiger partial charge in [0.2, 0.25) is 0 Å². The lowest BCUT2D eigenvalue weighted by atomic mass is 9.51. The van der Waals surface area contributed by atoms with Crippen LogP contribution in [-0.4, -0.2) is 76.2 Å². The van der Waals surface area contributed by atoms with Crippen molar-refractivity contribution in [1.82, 2.24) is 10.2 Å². The molecule has 0 aromatic carbocycles. The summed E-state index contributed by atoms with van der Waals surface area (Å²) in [5, 5.41) is 3.77. The molecule has 0 radical (unpaired) electrons. The summed E-state index contributed by atoms with van der Waals surface area (Å²) >= 11 is 0. The number of methoxy groups -OCH3 is 1. The Bertz CT molecular complexity index is 459. The summed E-state index contributed by atoms with van der Waals surface area (Å²) < 4.78 is 17.0. The van der Waals surface area contributed by atoms with Crippen LogP contribution in [0.3, 0.4) is 0 Å². The van der Waals surface area contributed by atoms with Crippen molar-refractivity contribution >= 4 is 5.96 Å². The lowest BCUT2D eigenvalue weighted by Crippen LogP contribution is -2.69. The van der Waals surface area contributed by atoms with E-state index in [0.29, 0.717) is 23.7 Å². The SMILES string of the molecule is CCOC1CC(NC(=NC)N2CCC(OCCCOC)CC2)C12CCC2. The van der Waals surface area contributed by atoms with Gasteiger partial charge in [-0.25, -0.2) is 0 Å². The molecule has 1 saturated heterocycles. The van der Waals surface area contributed by atoms with Crippen LogP contribution in [0, 0.1) is 5.41 Å². The third-order valence-electron chi connectivity index (χ3n) is 6.54. The minimum absolute atomic E-state index is 0.370. The van der Waals surface area contributed by atoms with Gasteiger partial charge in [0.1, 0.15) is 0 Å². The smallest absolute Gasteiger partial charge is 0.193 e. The second kappa shape index (κ2) is 9.38. The largest absolute Gasteiger partial charge is 0.385 e. The van der Waals surface area contributed by atoms with Gasteiger partial charge in [-0.1, -0.05) is 6.42 Å². The molecular weight excluding hydrogens is 330 g/mol. The van der Waals surface area contributed by atoms with Crippen molar-refractivity contribution in [3.05, 3.63) is 0 Å². The van der Waals surface area contributed by atoms with Gasteiger partial charge in [0, 0.05) is 58.5 Å². The molecule has 2 unspecified atom stereocenters.